The molecular weight excluding hydrogens is 460 g/mol. The number of fused-ring (bicyclic) bond motifs is 1. The first-order valence-corrected chi connectivity index (χ1v) is 10.7. The summed E-state index contributed by atoms with van der Waals surface area (Å²) in [5, 5.41) is 1.68. The van der Waals surface area contributed by atoms with Gasteiger partial charge < -0.3 is 4.74 Å². The number of carbonyl (C=O) groups excluding carboxylic acids is 2. The van der Waals surface area contributed by atoms with Crippen LogP contribution in [0.4, 0.5) is 11.4 Å². The average Bonchev–Trinajstić information content (AvgIpc) is 3.31. The van der Waals surface area contributed by atoms with E-state index in [0.717, 1.165) is 15.7 Å². The van der Waals surface area contributed by atoms with Gasteiger partial charge in [0, 0.05) is 0 Å². The molecule has 0 aliphatic carbocycles. The summed E-state index contributed by atoms with van der Waals surface area (Å²) >= 11 is 3.53. The number of imide groups is 1. The van der Waals surface area contributed by atoms with Crippen molar-refractivity contribution in [3.63, 3.8) is 0 Å². The van der Waals surface area contributed by atoms with E-state index >= 15 is 0 Å². The normalized spacial score (nSPS) is 22.7. The lowest BCUT2D eigenvalue weighted by Crippen LogP contribution is -2.37. The fraction of sp³-hybridized carbons (Fsp3) is 0.167. The second-order valence-electron chi connectivity index (χ2n) is 7.40. The summed E-state index contributed by atoms with van der Waals surface area (Å²) in [7, 11) is 1.60. The van der Waals surface area contributed by atoms with Crippen molar-refractivity contribution in [2.75, 3.05) is 17.1 Å². The predicted octanol–water partition coefficient (Wildman–Crippen LogP) is 4.51. The average molecular weight is 479 g/mol. The molecule has 0 saturated carbocycles. The van der Waals surface area contributed by atoms with Gasteiger partial charge in [0.2, 0.25) is 5.91 Å². The maximum absolute atomic E-state index is 13.5. The Kier molecular flexibility index (Phi) is 5.00. The number of hydrogen-bond donors (Lipinski definition) is 0. The number of para-hydroxylation sites is 2. The molecule has 3 aromatic carbocycles. The van der Waals surface area contributed by atoms with E-state index < -0.39 is 18.1 Å². The van der Waals surface area contributed by atoms with Crippen LogP contribution in [0.15, 0.2) is 83.3 Å². The van der Waals surface area contributed by atoms with Gasteiger partial charge in [-0.2, -0.15) is 0 Å². The van der Waals surface area contributed by atoms with Crippen LogP contribution in [-0.2, 0) is 14.4 Å². The zero-order valence-corrected chi connectivity index (χ0v) is 18.2. The van der Waals surface area contributed by atoms with E-state index in [1.807, 2.05) is 54.6 Å². The van der Waals surface area contributed by atoms with Gasteiger partial charge in [0.15, 0.2) is 6.10 Å². The molecule has 0 unspecified atom stereocenters. The maximum Gasteiger partial charge on any atom is 0.266 e. The molecular formula is C24H19BrN2O4. The van der Waals surface area contributed by atoms with E-state index in [-0.39, 0.29) is 11.8 Å². The Morgan fingerprint density at radius 3 is 2.13 bits per heavy atom. The van der Waals surface area contributed by atoms with Crippen molar-refractivity contribution in [2.45, 2.75) is 12.1 Å². The number of benzene rings is 3. The van der Waals surface area contributed by atoms with Crippen molar-refractivity contribution in [1.29, 1.82) is 0 Å². The summed E-state index contributed by atoms with van der Waals surface area (Å²) in [5.74, 6) is -0.604. The molecule has 2 amide bonds. The summed E-state index contributed by atoms with van der Waals surface area (Å²) < 4.78 is 6.12. The van der Waals surface area contributed by atoms with Crippen LogP contribution < -0.4 is 14.7 Å². The van der Waals surface area contributed by atoms with Gasteiger partial charge in [-0.05, 0) is 57.9 Å². The molecule has 0 aromatic heterocycles. The zero-order valence-electron chi connectivity index (χ0n) is 16.6. The van der Waals surface area contributed by atoms with Gasteiger partial charge in [-0.15, -0.1) is 0 Å². The van der Waals surface area contributed by atoms with Crippen molar-refractivity contribution < 1.29 is 19.2 Å². The molecule has 2 saturated heterocycles. The minimum atomic E-state index is -0.890. The third-order valence-electron chi connectivity index (χ3n) is 5.66. The molecule has 156 valence electrons. The molecule has 31 heavy (non-hydrogen) atoms. The Labute approximate surface area is 188 Å². The molecule has 6 nitrogen and oxygen atoms in total. The SMILES string of the molecule is COc1ccc([C@@H]2[C@@H]3C(=O)N(c4ccccc4)C(=O)[C@@H]3ON2c2ccccc2)cc1Br. The van der Waals surface area contributed by atoms with Crippen molar-refractivity contribution in [1.82, 2.24) is 0 Å². The van der Waals surface area contributed by atoms with Gasteiger partial charge in [0.1, 0.15) is 11.7 Å². The Morgan fingerprint density at radius 1 is 0.871 bits per heavy atom. The summed E-state index contributed by atoms with van der Waals surface area (Å²) in [6.45, 7) is 0. The van der Waals surface area contributed by atoms with E-state index in [9.17, 15) is 9.59 Å². The predicted molar refractivity (Wildman–Crippen MR) is 120 cm³/mol. The minimum Gasteiger partial charge on any atom is -0.496 e. The van der Waals surface area contributed by atoms with Crippen molar-refractivity contribution in [3.05, 3.63) is 88.9 Å². The lowest BCUT2D eigenvalue weighted by atomic mass is 9.90. The highest BCUT2D eigenvalue weighted by molar-refractivity contribution is 9.10. The quantitative estimate of drug-likeness (QED) is 0.516. The third kappa shape index (κ3) is 3.21. The molecule has 5 rings (SSSR count). The molecule has 0 bridgehead atoms. The number of rotatable bonds is 4. The molecule has 2 heterocycles. The van der Waals surface area contributed by atoms with Gasteiger partial charge >= 0.3 is 0 Å². The number of amides is 2. The number of halogens is 1. The van der Waals surface area contributed by atoms with E-state index in [1.165, 1.54) is 4.90 Å². The van der Waals surface area contributed by atoms with E-state index in [1.54, 1.807) is 36.4 Å². The molecule has 2 aliphatic rings. The zero-order chi connectivity index (χ0) is 21.5. The van der Waals surface area contributed by atoms with Crippen LogP contribution in [0.1, 0.15) is 11.6 Å². The smallest absolute Gasteiger partial charge is 0.266 e. The fourth-order valence-electron chi connectivity index (χ4n) is 4.25. The Balaban J connectivity index is 1.60. The van der Waals surface area contributed by atoms with Crippen LogP contribution in [0.2, 0.25) is 0 Å². The van der Waals surface area contributed by atoms with Crippen LogP contribution >= 0.6 is 15.9 Å². The molecule has 7 heteroatoms. The van der Waals surface area contributed by atoms with Crippen LogP contribution in [-0.4, -0.2) is 25.0 Å². The third-order valence-corrected chi connectivity index (χ3v) is 6.28. The number of methoxy groups -OCH3 is 1. The topological polar surface area (TPSA) is 59.1 Å². The van der Waals surface area contributed by atoms with Crippen molar-refractivity contribution in [3.8, 4) is 5.75 Å². The van der Waals surface area contributed by atoms with Crippen LogP contribution in [0, 0.1) is 5.92 Å². The Bertz CT molecular complexity index is 1140. The van der Waals surface area contributed by atoms with Gasteiger partial charge in [-0.25, -0.2) is 9.96 Å². The van der Waals surface area contributed by atoms with Crippen molar-refractivity contribution >= 4 is 39.1 Å². The Hall–Kier alpha value is -3.16. The van der Waals surface area contributed by atoms with Gasteiger partial charge in [-0.3, -0.25) is 14.4 Å². The summed E-state index contributed by atoms with van der Waals surface area (Å²) in [4.78, 5) is 34.2. The van der Waals surface area contributed by atoms with Gasteiger partial charge in [0.05, 0.1) is 29.0 Å². The molecule has 0 radical (unpaired) electrons. The number of nitrogens with zero attached hydrogens (tertiary/aromatic N) is 2. The number of ether oxygens (including phenoxy) is 1. The first kappa shape index (κ1) is 19.8. The summed E-state index contributed by atoms with van der Waals surface area (Å²) in [5.41, 5.74) is 2.18. The number of anilines is 2. The van der Waals surface area contributed by atoms with Gasteiger partial charge in [-0.1, -0.05) is 42.5 Å². The first-order valence-electron chi connectivity index (χ1n) is 9.87. The molecule has 3 aromatic rings. The largest absolute Gasteiger partial charge is 0.496 e. The second-order valence-corrected chi connectivity index (χ2v) is 8.25. The van der Waals surface area contributed by atoms with E-state index in [4.69, 9.17) is 9.57 Å². The van der Waals surface area contributed by atoms with Gasteiger partial charge in [0.25, 0.3) is 5.91 Å². The first-order chi connectivity index (χ1) is 15.1. The molecule has 0 spiro atoms. The van der Waals surface area contributed by atoms with Crippen LogP contribution in [0.3, 0.4) is 0 Å². The lowest BCUT2D eigenvalue weighted by molar-refractivity contribution is -0.126. The fourth-order valence-corrected chi connectivity index (χ4v) is 4.81. The monoisotopic (exact) mass is 478 g/mol. The minimum absolute atomic E-state index is 0.267. The summed E-state index contributed by atoms with van der Waals surface area (Å²) in [6.07, 6.45) is -0.890. The second kappa shape index (κ2) is 7.83. The molecule has 2 fully saturated rings. The molecule has 3 atom stereocenters. The number of hydrogen-bond acceptors (Lipinski definition) is 5. The highest BCUT2D eigenvalue weighted by Crippen LogP contribution is 2.48. The maximum atomic E-state index is 13.5. The van der Waals surface area contributed by atoms with Crippen molar-refractivity contribution in [2.24, 2.45) is 5.92 Å². The molecule has 2 aliphatic heterocycles. The van der Waals surface area contributed by atoms with E-state index in [2.05, 4.69) is 15.9 Å². The highest BCUT2D eigenvalue weighted by Gasteiger charge is 2.60. The standard InChI is InChI=1S/C24H19BrN2O4/c1-30-19-13-12-15(14-18(19)25)21-20-22(31-27(21)17-10-6-3-7-11-17)24(29)26(23(20)28)16-8-4-2-5-9-16/h2-14,20-22H,1H3/t20-,21+,22+/m0/s1. The Morgan fingerprint density at radius 2 is 1.52 bits per heavy atom. The summed E-state index contributed by atoms with van der Waals surface area (Å²) in [6, 6.07) is 23.6. The number of carbonyl (C=O) groups is 2. The van der Waals surface area contributed by atoms with E-state index in [0.29, 0.717) is 11.4 Å². The van der Waals surface area contributed by atoms with Crippen LogP contribution in [0.25, 0.3) is 0 Å². The number of hydroxylamine groups is 1. The lowest BCUT2D eigenvalue weighted by Gasteiger charge is -2.29. The van der Waals surface area contributed by atoms with Crippen LogP contribution in [0.5, 0.6) is 5.75 Å². The highest BCUT2D eigenvalue weighted by atomic mass is 79.9. The molecule has 0 N–H and O–H groups in total.